The number of rotatable bonds is 5. The lowest BCUT2D eigenvalue weighted by Gasteiger charge is -2.24. The van der Waals surface area contributed by atoms with Crippen LogP contribution in [-0.2, 0) is 14.3 Å². The Labute approximate surface area is 114 Å². The second-order valence-corrected chi connectivity index (χ2v) is 5.58. The molecule has 2 rings (SSSR count). The molecule has 1 heterocycles. The third kappa shape index (κ3) is 3.93. The van der Waals surface area contributed by atoms with Crippen LogP contribution in [0, 0.1) is 5.92 Å². The van der Waals surface area contributed by atoms with Crippen LogP contribution in [0.2, 0.25) is 0 Å². The van der Waals surface area contributed by atoms with Gasteiger partial charge in [-0.05, 0) is 31.6 Å². The summed E-state index contributed by atoms with van der Waals surface area (Å²) in [4.78, 5) is 22.9. The van der Waals surface area contributed by atoms with E-state index in [0.717, 1.165) is 6.42 Å². The van der Waals surface area contributed by atoms with E-state index in [1.165, 1.54) is 32.8 Å². The summed E-state index contributed by atoms with van der Waals surface area (Å²) in [6.45, 7) is 0.543. The summed E-state index contributed by atoms with van der Waals surface area (Å²) in [5.41, 5.74) is 0. The lowest BCUT2D eigenvalue weighted by atomic mass is 9.85. The van der Waals surface area contributed by atoms with Gasteiger partial charge in [0.1, 0.15) is 0 Å². The third-order valence-corrected chi connectivity index (χ3v) is 4.26. The van der Waals surface area contributed by atoms with Gasteiger partial charge in [-0.1, -0.05) is 12.8 Å². The van der Waals surface area contributed by atoms with E-state index in [9.17, 15) is 9.59 Å². The van der Waals surface area contributed by atoms with Gasteiger partial charge in [0.25, 0.3) is 0 Å². The Morgan fingerprint density at radius 1 is 1.32 bits per heavy atom. The zero-order valence-corrected chi connectivity index (χ0v) is 11.6. The first-order chi connectivity index (χ1) is 9.20. The SMILES string of the molecule is COC(=O)CCCNC(=O)C1CC2CCCCC2N1. The van der Waals surface area contributed by atoms with Crippen LogP contribution in [0.3, 0.4) is 0 Å². The molecule has 1 saturated carbocycles. The Kier molecular flexibility index (Phi) is 5.19. The van der Waals surface area contributed by atoms with Gasteiger partial charge in [-0.2, -0.15) is 0 Å². The van der Waals surface area contributed by atoms with E-state index in [2.05, 4.69) is 15.4 Å². The molecule has 0 bridgehead atoms. The van der Waals surface area contributed by atoms with Crippen LogP contribution in [0.15, 0.2) is 0 Å². The van der Waals surface area contributed by atoms with Crippen LogP contribution < -0.4 is 10.6 Å². The quantitative estimate of drug-likeness (QED) is 0.576. The minimum absolute atomic E-state index is 0.0359. The molecule has 5 heteroatoms. The highest BCUT2D eigenvalue weighted by molar-refractivity contribution is 5.82. The normalized spacial score (nSPS) is 29.6. The largest absolute Gasteiger partial charge is 0.469 e. The number of carbonyl (C=O) groups is 2. The predicted molar refractivity (Wildman–Crippen MR) is 71.5 cm³/mol. The summed E-state index contributed by atoms with van der Waals surface area (Å²) in [5.74, 6) is 0.540. The van der Waals surface area contributed by atoms with Gasteiger partial charge in [0, 0.05) is 19.0 Å². The smallest absolute Gasteiger partial charge is 0.305 e. The molecule has 0 aromatic heterocycles. The molecule has 3 atom stereocenters. The highest BCUT2D eigenvalue weighted by atomic mass is 16.5. The van der Waals surface area contributed by atoms with Crippen LogP contribution in [-0.4, -0.2) is 37.6 Å². The molecule has 108 valence electrons. The highest BCUT2D eigenvalue weighted by Crippen LogP contribution is 2.33. The molecule has 1 aliphatic carbocycles. The Morgan fingerprint density at radius 3 is 2.84 bits per heavy atom. The molecule has 3 unspecified atom stereocenters. The molecule has 1 aliphatic heterocycles. The van der Waals surface area contributed by atoms with E-state index in [1.54, 1.807) is 0 Å². The first-order valence-electron chi connectivity index (χ1n) is 7.31. The lowest BCUT2D eigenvalue weighted by Crippen LogP contribution is -2.43. The first-order valence-corrected chi connectivity index (χ1v) is 7.31. The van der Waals surface area contributed by atoms with Crippen molar-refractivity contribution in [3.63, 3.8) is 0 Å². The van der Waals surface area contributed by atoms with Gasteiger partial charge in [0.15, 0.2) is 0 Å². The lowest BCUT2D eigenvalue weighted by molar-refractivity contribution is -0.140. The molecule has 5 nitrogen and oxygen atoms in total. The van der Waals surface area contributed by atoms with E-state index in [4.69, 9.17) is 0 Å². The maximum Gasteiger partial charge on any atom is 0.305 e. The number of fused-ring (bicyclic) bond motifs is 1. The van der Waals surface area contributed by atoms with Crippen molar-refractivity contribution < 1.29 is 14.3 Å². The van der Waals surface area contributed by atoms with Gasteiger partial charge < -0.3 is 15.4 Å². The van der Waals surface area contributed by atoms with Crippen molar-refractivity contribution in [1.29, 1.82) is 0 Å². The van der Waals surface area contributed by atoms with Crippen molar-refractivity contribution in [2.45, 2.75) is 57.0 Å². The Bertz CT molecular complexity index is 319. The monoisotopic (exact) mass is 268 g/mol. The van der Waals surface area contributed by atoms with Gasteiger partial charge in [-0.3, -0.25) is 9.59 Å². The van der Waals surface area contributed by atoms with Gasteiger partial charge in [-0.25, -0.2) is 0 Å². The fourth-order valence-electron chi connectivity index (χ4n) is 3.19. The summed E-state index contributed by atoms with van der Waals surface area (Å²) in [5, 5.41) is 6.35. The van der Waals surface area contributed by atoms with Crippen molar-refractivity contribution in [3.8, 4) is 0 Å². The second kappa shape index (κ2) is 6.89. The molecule has 1 amide bonds. The molecular weight excluding hydrogens is 244 g/mol. The molecule has 2 aliphatic rings. The fraction of sp³-hybridized carbons (Fsp3) is 0.857. The van der Waals surface area contributed by atoms with Gasteiger partial charge in [0.05, 0.1) is 13.2 Å². The standard InChI is InChI=1S/C14H24N2O3/c1-19-13(17)7-4-8-15-14(18)12-9-10-5-2-3-6-11(10)16-12/h10-12,16H,2-9H2,1H3,(H,15,18). The van der Waals surface area contributed by atoms with Crippen LogP contribution in [0.5, 0.6) is 0 Å². The summed E-state index contributed by atoms with van der Waals surface area (Å²) in [7, 11) is 1.38. The predicted octanol–water partition coefficient (Wildman–Crippen LogP) is 0.976. The number of hydrogen-bond acceptors (Lipinski definition) is 4. The molecule has 1 saturated heterocycles. The minimum Gasteiger partial charge on any atom is -0.469 e. The third-order valence-electron chi connectivity index (χ3n) is 4.26. The van der Waals surface area contributed by atoms with E-state index >= 15 is 0 Å². The zero-order chi connectivity index (χ0) is 13.7. The number of ether oxygens (including phenoxy) is 1. The number of methoxy groups -OCH3 is 1. The van der Waals surface area contributed by atoms with Crippen molar-refractivity contribution in [2.75, 3.05) is 13.7 Å². The van der Waals surface area contributed by atoms with Crippen LogP contribution in [0.1, 0.15) is 44.9 Å². The Hall–Kier alpha value is -1.10. The van der Waals surface area contributed by atoms with Gasteiger partial charge in [-0.15, -0.1) is 0 Å². The van der Waals surface area contributed by atoms with Crippen LogP contribution in [0.25, 0.3) is 0 Å². The van der Waals surface area contributed by atoms with Crippen molar-refractivity contribution in [2.24, 2.45) is 5.92 Å². The number of nitrogens with one attached hydrogen (secondary N) is 2. The molecule has 2 fully saturated rings. The van der Waals surface area contributed by atoms with Gasteiger partial charge in [0.2, 0.25) is 5.91 Å². The Morgan fingerprint density at radius 2 is 2.11 bits per heavy atom. The molecule has 19 heavy (non-hydrogen) atoms. The van der Waals surface area contributed by atoms with Crippen molar-refractivity contribution in [3.05, 3.63) is 0 Å². The first kappa shape index (κ1) is 14.3. The number of hydrogen-bond donors (Lipinski definition) is 2. The summed E-state index contributed by atoms with van der Waals surface area (Å²) in [6, 6.07) is 0.505. The van der Waals surface area contributed by atoms with Gasteiger partial charge >= 0.3 is 5.97 Å². The molecule has 0 aromatic carbocycles. The zero-order valence-electron chi connectivity index (χ0n) is 11.6. The van der Waals surface area contributed by atoms with E-state index in [0.29, 0.717) is 31.3 Å². The Balaban J connectivity index is 1.65. The topological polar surface area (TPSA) is 67.4 Å². The molecule has 2 N–H and O–H groups in total. The number of carbonyl (C=O) groups excluding carboxylic acids is 2. The van der Waals surface area contributed by atoms with E-state index in [-0.39, 0.29) is 17.9 Å². The molecule has 0 aromatic rings. The second-order valence-electron chi connectivity index (χ2n) is 5.58. The van der Waals surface area contributed by atoms with E-state index < -0.39 is 0 Å². The number of amides is 1. The van der Waals surface area contributed by atoms with Crippen molar-refractivity contribution >= 4 is 11.9 Å². The summed E-state index contributed by atoms with van der Waals surface area (Å²) < 4.78 is 4.56. The maximum atomic E-state index is 12.0. The minimum atomic E-state index is -0.223. The summed E-state index contributed by atoms with van der Waals surface area (Å²) in [6.07, 6.45) is 7.00. The molecular formula is C14H24N2O3. The van der Waals surface area contributed by atoms with Crippen molar-refractivity contribution in [1.82, 2.24) is 10.6 Å². The molecule has 0 radical (unpaired) electrons. The van der Waals surface area contributed by atoms with E-state index in [1.807, 2.05) is 0 Å². The van der Waals surface area contributed by atoms with Crippen LogP contribution >= 0.6 is 0 Å². The fourth-order valence-corrected chi connectivity index (χ4v) is 3.19. The maximum absolute atomic E-state index is 12.0. The summed E-state index contributed by atoms with van der Waals surface area (Å²) >= 11 is 0. The number of esters is 1. The average Bonchev–Trinajstić information content (AvgIpc) is 2.87. The molecule has 0 spiro atoms. The van der Waals surface area contributed by atoms with Crippen LogP contribution in [0.4, 0.5) is 0 Å². The average molecular weight is 268 g/mol. The highest BCUT2D eigenvalue weighted by Gasteiger charge is 2.37.